The minimum Gasteiger partial charge on any atom is -0.459 e. The van der Waals surface area contributed by atoms with Crippen LogP contribution in [0.25, 0.3) is 0 Å². The van der Waals surface area contributed by atoms with E-state index in [1.807, 2.05) is 0 Å². The van der Waals surface area contributed by atoms with Crippen LogP contribution in [0, 0.1) is 23.2 Å². The van der Waals surface area contributed by atoms with Crippen molar-refractivity contribution in [3.8, 4) is 0 Å². The van der Waals surface area contributed by atoms with Crippen LogP contribution in [0.4, 0.5) is 0 Å². The highest BCUT2D eigenvalue weighted by Crippen LogP contribution is 2.57. The molecule has 0 aromatic rings. The zero-order valence-corrected chi connectivity index (χ0v) is 11.2. The first kappa shape index (κ1) is 11.9. The van der Waals surface area contributed by atoms with Crippen molar-refractivity contribution in [2.24, 2.45) is 23.2 Å². The molecule has 2 unspecified atom stereocenters. The number of esters is 1. The van der Waals surface area contributed by atoms with Crippen LogP contribution in [0.15, 0.2) is 0 Å². The van der Waals surface area contributed by atoms with E-state index in [2.05, 4.69) is 34.6 Å². The van der Waals surface area contributed by atoms with E-state index in [1.54, 1.807) is 0 Å². The van der Waals surface area contributed by atoms with Crippen molar-refractivity contribution in [2.45, 2.75) is 59.5 Å². The summed E-state index contributed by atoms with van der Waals surface area (Å²) in [6, 6.07) is 0. The molecular weight excluding hydrogens is 200 g/mol. The van der Waals surface area contributed by atoms with Crippen LogP contribution >= 0.6 is 0 Å². The Morgan fingerprint density at radius 1 is 1.19 bits per heavy atom. The van der Waals surface area contributed by atoms with Crippen LogP contribution in [0.5, 0.6) is 0 Å². The maximum Gasteiger partial charge on any atom is 0.309 e. The number of hydrogen-bond donors (Lipinski definition) is 0. The van der Waals surface area contributed by atoms with E-state index in [0.29, 0.717) is 11.8 Å². The molecule has 0 N–H and O–H groups in total. The van der Waals surface area contributed by atoms with Gasteiger partial charge < -0.3 is 4.74 Å². The van der Waals surface area contributed by atoms with Gasteiger partial charge in [0, 0.05) is 6.42 Å². The average Bonchev–Trinajstić information content (AvgIpc) is 2.34. The first-order valence-corrected chi connectivity index (χ1v) is 6.52. The zero-order chi connectivity index (χ0) is 12.1. The topological polar surface area (TPSA) is 26.3 Å². The summed E-state index contributed by atoms with van der Waals surface area (Å²) in [7, 11) is 0. The molecule has 0 spiro atoms. The Kier molecular flexibility index (Phi) is 2.60. The quantitative estimate of drug-likeness (QED) is 0.672. The molecule has 2 aliphatic rings. The summed E-state index contributed by atoms with van der Waals surface area (Å²) < 4.78 is 5.59. The molecule has 1 aliphatic heterocycles. The molecule has 2 atom stereocenters. The molecule has 1 heterocycles. The molecule has 2 heteroatoms. The maximum absolute atomic E-state index is 11.8. The van der Waals surface area contributed by atoms with Crippen molar-refractivity contribution in [2.75, 3.05) is 0 Å². The van der Waals surface area contributed by atoms with Gasteiger partial charge in [-0.15, -0.1) is 0 Å². The van der Waals surface area contributed by atoms with E-state index in [0.717, 1.165) is 19.3 Å². The van der Waals surface area contributed by atoms with Gasteiger partial charge in [-0.1, -0.05) is 27.7 Å². The molecule has 2 bridgehead atoms. The van der Waals surface area contributed by atoms with Crippen LogP contribution in [0.2, 0.25) is 0 Å². The fraction of sp³-hybridized carbons (Fsp3) is 0.929. The number of rotatable bonds is 2. The third kappa shape index (κ3) is 1.57. The molecule has 0 aromatic carbocycles. The standard InChI is InChI=1S/C14H24O2/c1-9(2)14(10(3)4)7-11-6-13(5,8-14)16-12(11)15/h9-11H,6-8H2,1-5H3. The molecule has 0 radical (unpaired) electrons. The normalized spacial score (nSPS) is 36.9. The summed E-state index contributed by atoms with van der Waals surface area (Å²) >= 11 is 0. The molecular formula is C14H24O2. The number of ether oxygens (including phenoxy) is 1. The number of carbonyl (C=O) groups is 1. The van der Waals surface area contributed by atoms with Crippen LogP contribution in [-0.2, 0) is 9.53 Å². The number of hydrogen-bond acceptors (Lipinski definition) is 2. The zero-order valence-electron chi connectivity index (χ0n) is 11.2. The second kappa shape index (κ2) is 3.48. The lowest BCUT2D eigenvalue weighted by molar-refractivity contribution is -0.149. The molecule has 1 aliphatic carbocycles. The molecule has 0 aromatic heterocycles. The van der Waals surface area contributed by atoms with Crippen molar-refractivity contribution >= 4 is 5.97 Å². The minimum absolute atomic E-state index is 0.0469. The van der Waals surface area contributed by atoms with Crippen molar-refractivity contribution in [3.05, 3.63) is 0 Å². The Morgan fingerprint density at radius 3 is 2.19 bits per heavy atom. The SMILES string of the molecule is CC(C)C1(C(C)C)CC2CC(C)(C1)OC2=O. The Hall–Kier alpha value is -0.530. The smallest absolute Gasteiger partial charge is 0.309 e. The highest BCUT2D eigenvalue weighted by Gasteiger charge is 2.57. The Balaban J connectivity index is 2.34. The van der Waals surface area contributed by atoms with Gasteiger partial charge in [-0.2, -0.15) is 0 Å². The lowest BCUT2D eigenvalue weighted by Crippen LogP contribution is -2.45. The molecule has 2 fully saturated rings. The predicted octanol–water partition coefficient (Wildman–Crippen LogP) is 3.40. The lowest BCUT2D eigenvalue weighted by Gasteiger charge is -2.48. The summed E-state index contributed by atoms with van der Waals surface area (Å²) in [5, 5.41) is 0. The first-order valence-electron chi connectivity index (χ1n) is 6.52. The van der Waals surface area contributed by atoms with Crippen LogP contribution < -0.4 is 0 Å². The van der Waals surface area contributed by atoms with Crippen molar-refractivity contribution in [1.82, 2.24) is 0 Å². The first-order chi connectivity index (χ1) is 7.29. The van der Waals surface area contributed by atoms with E-state index < -0.39 is 0 Å². The molecule has 1 saturated carbocycles. The van der Waals surface area contributed by atoms with Crippen LogP contribution in [0.3, 0.4) is 0 Å². The average molecular weight is 224 g/mol. The lowest BCUT2D eigenvalue weighted by atomic mass is 9.56. The van der Waals surface area contributed by atoms with Gasteiger partial charge in [-0.05, 0) is 37.0 Å². The van der Waals surface area contributed by atoms with Gasteiger partial charge in [0.25, 0.3) is 0 Å². The van der Waals surface area contributed by atoms with Gasteiger partial charge >= 0.3 is 5.97 Å². The van der Waals surface area contributed by atoms with Gasteiger partial charge in [0.15, 0.2) is 0 Å². The number of carbonyl (C=O) groups excluding carboxylic acids is 1. The van der Waals surface area contributed by atoms with E-state index in [1.165, 1.54) is 0 Å². The maximum atomic E-state index is 11.8. The minimum atomic E-state index is -0.186. The predicted molar refractivity (Wildman–Crippen MR) is 63.9 cm³/mol. The second-order valence-corrected chi connectivity index (χ2v) is 6.70. The van der Waals surface area contributed by atoms with Gasteiger partial charge in [-0.25, -0.2) is 0 Å². The third-order valence-electron chi connectivity index (χ3n) is 4.99. The summed E-state index contributed by atoms with van der Waals surface area (Å²) in [6.45, 7) is 11.3. The molecule has 16 heavy (non-hydrogen) atoms. The molecule has 2 nitrogen and oxygen atoms in total. The highest BCUT2D eigenvalue weighted by molar-refractivity contribution is 5.76. The van der Waals surface area contributed by atoms with Crippen molar-refractivity contribution in [1.29, 1.82) is 0 Å². The van der Waals surface area contributed by atoms with Crippen molar-refractivity contribution < 1.29 is 9.53 Å². The van der Waals surface area contributed by atoms with Crippen molar-refractivity contribution in [3.63, 3.8) is 0 Å². The molecule has 1 saturated heterocycles. The monoisotopic (exact) mass is 224 g/mol. The third-order valence-corrected chi connectivity index (χ3v) is 4.99. The van der Waals surface area contributed by atoms with Gasteiger partial charge in [0.2, 0.25) is 0 Å². The Morgan fingerprint density at radius 2 is 1.75 bits per heavy atom. The summed E-state index contributed by atoms with van der Waals surface area (Å²) in [6.07, 6.45) is 3.00. The Labute approximate surface area is 98.7 Å². The summed E-state index contributed by atoms with van der Waals surface area (Å²) in [4.78, 5) is 11.8. The van der Waals surface area contributed by atoms with Gasteiger partial charge in [-0.3, -0.25) is 4.79 Å². The highest BCUT2D eigenvalue weighted by atomic mass is 16.6. The summed E-state index contributed by atoms with van der Waals surface area (Å²) in [5.41, 5.74) is 0.0956. The number of fused-ring (bicyclic) bond motifs is 2. The molecule has 0 amide bonds. The van der Waals surface area contributed by atoms with E-state index in [-0.39, 0.29) is 22.9 Å². The summed E-state index contributed by atoms with van der Waals surface area (Å²) in [5.74, 6) is 1.43. The Bertz CT molecular complexity index is 298. The van der Waals surface area contributed by atoms with E-state index >= 15 is 0 Å². The fourth-order valence-electron chi connectivity index (χ4n) is 4.01. The fourth-order valence-corrected chi connectivity index (χ4v) is 4.01. The molecule has 2 rings (SSSR count). The van der Waals surface area contributed by atoms with E-state index in [4.69, 9.17) is 4.74 Å². The van der Waals surface area contributed by atoms with E-state index in [9.17, 15) is 4.79 Å². The van der Waals surface area contributed by atoms with Crippen LogP contribution in [-0.4, -0.2) is 11.6 Å². The second-order valence-electron chi connectivity index (χ2n) is 6.70. The largest absolute Gasteiger partial charge is 0.459 e. The van der Waals surface area contributed by atoms with Gasteiger partial charge in [0.05, 0.1) is 5.92 Å². The van der Waals surface area contributed by atoms with Crippen LogP contribution in [0.1, 0.15) is 53.9 Å². The molecule has 92 valence electrons. The van der Waals surface area contributed by atoms with Gasteiger partial charge in [0.1, 0.15) is 5.60 Å².